The summed E-state index contributed by atoms with van der Waals surface area (Å²) in [5.41, 5.74) is 8.44. The number of anilines is 1. The molecule has 0 unspecified atom stereocenters. The van der Waals surface area contributed by atoms with E-state index in [1.807, 2.05) is 24.3 Å². The zero-order valence-corrected chi connectivity index (χ0v) is 8.91. The van der Waals surface area contributed by atoms with E-state index in [2.05, 4.69) is 20.5 Å². The summed E-state index contributed by atoms with van der Waals surface area (Å²) in [5.74, 6) is 0.486. The molecule has 0 atom stereocenters. The predicted molar refractivity (Wildman–Crippen MR) is 63.4 cm³/mol. The lowest BCUT2D eigenvalue weighted by atomic mass is 10.1. The summed E-state index contributed by atoms with van der Waals surface area (Å²) in [6, 6.07) is 9.67. The number of nitrogens with one attached hydrogen (secondary N) is 1. The molecule has 0 amide bonds. The van der Waals surface area contributed by atoms with Crippen molar-refractivity contribution in [2.24, 2.45) is 0 Å². The fourth-order valence-corrected chi connectivity index (χ4v) is 1.62. The van der Waals surface area contributed by atoms with Crippen molar-refractivity contribution in [1.29, 1.82) is 0 Å². The molecule has 3 rings (SSSR count). The number of aromatic amines is 1. The van der Waals surface area contributed by atoms with Crippen LogP contribution in [0.15, 0.2) is 42.7 Å². The largest absolute Gasteiger partial charge is 0.382 e. The van der Waals surface area contributed by atoms with Crippen molar-refractivity contribution >= 4 is 5.82 Å². The van der Waals surface area contributed by atoms with Gasteiger partial charge in [-0.25, -0.2) is 4.68 Å². The van der Waals surface area contributed by atoms with E-state index in [0.717, 1.165) is 16.9 Å². The molecule has 0 aliphatic rings. The van der Waals surface area contributed by atoms with Gasteiger partial charge in [0.15, 0.2) is 0 Å². The second-order valence-electron chi connectivity index (χ2n) is 3.60. The van der Waals surface area contributed by atoms with Crippen LogP contribution in [-0.2, 0) is 0 Å². The van der Waals surface area contributed by atoms with Gasteiger partial charge in [0.1, 0.15) is 5.82 Å². The third-order valence-corrected chi connectivity index (χ3v) is 2.46. The number of nitrogens with zero attached hydrogens (tertiary/aromatic N) is 4. The molecule has 6 heteroatoms. The normalized spacial score (nSPS) is 10.6. The lowest BCUT2D eigenvalue weighted by molar-refractivity contribution is 0.803. The van der Waals surface area contributed by atoms with Gasteiger partial charge in [0, 0.05) is 6.07 Å². The fraction of sp³-hybridized carbons (Fsp3) is 0. The molecule has 2 heterocycles. The van der Waals surface area contributed by atoms with Gasteiger partial charge in [-0.15, -0.1) is 5.10 Å². The first-order chi connectivity index (χ1) is 8.33. The van der Waals surface area contributed by atoms with Crippen LogP contribution in [-0.4, -0.2) is 25.2 Å². The molecule has 3 aromatic rings. The standard InChI is InChI=1S/C11H10N6/c12-11-7-10(14-15-11)8-1-3-9(4-2-8)17-6-5-13-16-17/h1-7H,(H3,12,14,15). The Morgan fingerprint density at radius 3 is 2.59 bits per heavy atom. The molecule has 0 aliphatic heterocycles. The van der Waals surface area contributed by atoms with E-state index in [9.17, 15) is 0 Å². The second-order valence-corrected chi connectivity index (χ2v) is 3.60. The average Bonchev–Trinajstić information content (AvgIpc) is 3.00. The quantitative estimate of drug-likeness (QED) is 0.688. The Bertz CT molecular complexity index is 608. The van der Waals surface area contributed by atoms with Gasteiger partial charge in [-0.3, -0.25) is 5.10 Å². The third-order valence-electron chi connectivity index (χ3n) is 2.46. The van der Waals surface area contributed by atoms with Crippen LogP contribution in [0.2, 0.25) is 0 Å². The van der Waals surface area contributed by atoms with Gasteiger partial charge in [0.25, 0.3) is 0 Å². The summed E-state index contributed by atoms with van der Waals surface area (Å²) >= 11 is 0. The number of nitrogens with two attached hydrogens (primary N) is 1. The van der Waals surface area contributed by atoms with Gasteiger partial charge in [-0.05, 0) is 17.7 Å². The van der Waals surface area contributed by atoms with E-state index in [0.29, 0.717) is 5.82 Å². The summed E-state index contributed by atoms with van der Waals surface area (Å²) in [6.45, 7) is 0. The first kappa shape index (κ1) is 9.59. The van der Waals surface area contributed by atoms with Crippen LogP contribution in [0.4, 0.5) is 5.82 Å². The number of nitrogen functional groups attached to an aromatic ring is 1. The van der Waals surface area contributed by atoms with E-state index in [4.69, 9.17) is 5.73 Å². The molecule has 1 aromatic carbocycles. The molecule has 0 spiro atoms. The molecule has 2 aromatic heterocycles. The maximum atomic E-state index is 5.56. The van der Waals surface area contributed by atoms with Crippen molar-refractivity contribution in [3.8, 4) is 16.9 Å². The zero-order valence-electron chi connectivity index (χ0n) is 8.91. The fourth-order valence-electron chi connectivity index (χ4n) is 1.62. The average molecular weight is 226 g/mol. The Morgan fingerprint density at radius 1 is 1.18 bits per heavy atom. The maximum Gasteiger partial charge on any atom is 0.145 e. The molecule has 0 bridgehead atoms. The minimum Gasteiger partial charge on any atom is -0.382 e. The van der Waals surface area contributed by atoms with Gasteiger partial charge < -0.3 is 5.73 Å². The number of hydrogen-bond acceptors (Lipinski definition) is 4. The highest BCUT2D eigenvalue weighted by Gasteiger charge is 2.02. The van der Waals surface area contributed by atoms with Crippen LogP contribution in [0.25, 0.3) is 16.9 Å². The van der Waals surface area contributed by atoms with Crippen LogP contribution >= 0.6 is 0 Å². The van der Waals surface area contributed by atoms with Gasteiger partial charge in [-0.1, -0.05) is 17.3 Å². The van der Waals surface area contributed by atoms with Crippen molar-refractivity contribution < 1.29 is 0 Å². The molecular weight excluding hydrogens is 216 g/mol. The molecule has 6 nitrogen and oxygen atoms in total. The Balaban J connectivity index is 1.95. The Kier molecular flexibility index (Phi) is 2.11. The molecule has 3 N–H and O–H groups in total. The smallest absolute Gasteiger partial charge is 0.145 e. The van der Waals surface area contributed by atoms with Gasteiger partial charge in [0.2, 0.25) is 0 Å². The lowest BCUT2D eigenvalue weighted by Gasteiger charge is -2.01. The van der Waals surface area contributed by atoms with Crippen molar-refractivity contribution in [2.45, 2.75) is 0 Å². The molecule has 0 aliphatic carbocycles. The van der Waals surface area contributed by atoms with E-state index >= 15 is 0 Å². The Hall–Kier alpha value is -2.63. The number of hydrogen-bond donors (Lipinski definition) is 2. The van der Waals surface area contributed by atoms with Crippen molar-refractivity contribution in [3.63, 3.8) is 0 Å². The van der Waals surface area contributed by atoms with Crippen molar-refractivity contribution in [1.82, 2.24) is 25.2 Å². The minimum atomic E-state index is 0.486. The van der Waals surface area contributed by atoms with Crippen LogP contribution in [0.1, 0.15) is 0 Å². The highest BCUT2D eigenvalue weighted by atomic mass is 15.4. The van der Waals surface area contributed by atoms with Crippen LogP contribution < -0.4 is 5.73 Å². The second kappa shape index (κ2) is 3.75. The van der Waals surface area contributed by atoms with Crippen LogP contribution in [0.5, 0.6) is 0 Å². The maximum absolute atomic E-state index is 5.56. The van der Waals surface area contributed by atoms with E-state index < -0.39 is 0 Å². The highest BCUT2D eigenvalue weighted by molar-refractivity contribution is 5.63. The molecule has 84 valence electrons. The molecule has 0 fully saturated rings. The van der Waals surface area contributed by atoms with Gasteiger partial charge in [0.05, 0.1) is 23.8 Å². The molecule has 0 saturated carbocycles. The number of rotatable bonds is 2. The molecule has 17 heavy (non-hydrogen) atoms. The summed E-state index contributed by atoms with van der Waals surface area (Å²) < 4.78 is 1.70. The van der Waals surface area contributed by atoms with E-state index in [-0.39, 0.29) is 0 Å². The lowest BCUT2D eigenvalue weighted by Crippen LogP contribution is -1.94. The molecular formula is C11H10N6. The first-order valence-electron chi connectivity index (χ1n) is 5.11. The first-order valence-corrected chi connectivity index (χ1v) is 5.11. The van der Waals surface area contributed by atoms with Gasteiger partial charge in [-0.2, -0.15) is 5.10 Å². The minimum absolute atomic E-state index is 0.486. The number of aromatic nitrogens is 5. The molecule has 0 radical (unpaired) electrons. The summed E-state index contributed by atoms with van der Waals surface area (Å²) in [6.07, 6.45) is 3.44. The Labute approximate surface area is 97.1 Å². The van der Waals surface area contributed by atoms with Crippen molar-refractivity contribution in [3.05, 3.63) is 42.7 Å². The van der Waals surface area contributed by atoms with Crippen molar-refractivity contribution in [2.75, 3.05) is 5.73 Å². The topological polar surface area (TPSA) is 85.4 Å². The summed E-state index contributed by atoms with van der Waals surface area (Å²) in [5, 5.41) is 14.4. The monoisotopic (exact) mass is 226 g/mol. The zero-order chi connectivity index (χ0) is 11.7. The van der Waals surface area contributed by atoms with E-state index in [1.54, 1.807) is 23.1 Å². The summed E-state index contributed by atoms with van der Waals surface area (Å²) in [7, 11) is 0. The van der Waals surface area contributed by atoms with Gasteiger partial charge >= 0.3 is 0 Å². The Morgan fingerprint density at radius 2 is 2.00 bits per heavy atom. The number of benzene rings is 1. The highest BCUT2D eigenvalue weighted by Crippen LogP contribution is 2.19. The SMILES string of the molecule is Nc1cc(-c2ccc(-n3ccnn3)cc2)[nH]n1. The van der Waals surface area contributed by atoms with Crippen LogP contribution in [0, 0.1) is 0 Å². The third kappa shape index (κ3) is 1.76. The summed E-state index contributed by atoms with van der Waals surface area (Å²) in [4.78, 5) is 0. The number of H-pyrrole nitrogens is 1. The predicted octanol–water partition coefficient (Wildman–Crippen LogP) is 1.24. The van der Waals surface area contributed by atoms with Crippen LogP contribution in [0.3, 0.4) is 0 Å². The molecule has 0 saturated heterocycles. The van der Waals surface area contributed by atoms with E-state index in [1.165, 1.54) is 0 Å².